The molecule has 8 nitrogen and oxygen atoms in total. The fraction of sp³-hybridized carbons (Fsp3) is 0.500. The quantitative estimate of drug-likeness (QED) is 0.615. The molecule has 0 bridgehead atoms. The Hall–Kier alpha value is -2.12. The van der Waals surface area contributed by atoms with E-state index in [2.05, 4.69) is 10.4 Å². The van der Waals surface area contributed by atoms with Gasteiger partial charge in [-0.05, 0) is 20.8 Å². The van der Waals surface area contributed by atoms with Crippen LogP contribution in [0.1, 0.15) is 20.8 Å². The van der Waals surface area contributed by atoms with E-state index in [1.807, 2.05) is 10.1 Å². The van der Waals surface area contributed by atoms with Crippen molar-refractivity contribution in [1.29, 1.82) is 0 Å². The fourth-order valence-corrected chi connectivity index (χ4v) is 0.833. The number of H-pyrrole nitrogens is 2. The molecule has 88 valence electrons. The fourth-order valence-electron chi connectivity index (χ4n) is 0.833. The van der Waals surface area contributed by atoms with Crippen LogP contribution in [-0.2, 0) is 4.74 Å². The van der Waals surface area contributed by atoms with E-state index >= 15 is 0 Å². The molecular weight excluding hydrogens is 216 g/mol. The predicted octanol–water partition coefficient (Wildman–Crippen LogP) is -0.195. The topological polar surface area (TPSA) is 117 Å². The van der Waals surface area contributed by atoms with Crippen molar-refractivity contribution < 1.29 is 9.53 Å². The Kier molecular flexibility index (Phi) is 3.11. The highest BCUT2D eigenvalue weighted by Crippen LogP contribution is 2.07. The summed E-state index contributed by atoms with van der Waals surface area (Å²) >= 11 is 0. The minimum absolute atomic E-state index is 0.325. The SMILES string of the molecule is CC(C)(C)OC(=O)Nc1n[nH]c(=O)[nH]c1=O. The van der Waals surface area contributed by atoms with Crippen molar-refractivity contribution in [1.82, 2.24) is 15.2 Å². The first-order valence-corrected chi connectivity index (χ1v) is 4.47. The van der Waals surface area contributed by atoms with Gasteiger partial charge in [-0.1, -0.05) is 0 Å². The second-order valence-corrected chi connectivity index (χ2v) is 3.98. The molecule has 1 aromatic rings. The van der Waals surface area contributed by atoms with Crippen LogP contribution in [0.25, 0.3) is 0 Å². The Morgan fingerprint density at radius 3 is 2.50 bits per heavy atom. The third kappa shape index (κ3) is 3.56. The minimum Gasteiger partial charge on any atom is -0.444 e. The number of rotatable bonds is 1. The summed E-state index contributed by atoms with van der Waals surface area (Å²) in [7, 11) is 0. The largest absolute Gasteiger partial charge is 0.444 e. The van der Waals surface area contributed by atoms with Crippen LogP contribution < -0.4 is 16.6 Å². The Bertz CT molecular complexity index is 496. The van der Waals surface area contributed by atoms with Crippen LogP contribution in [0, 0.1) is 0 Å². The Labute approximate surface area is 90.0 Å². The first-order valence-electron chi connectivity index (χ1n) is 4.47. The number of nitrogens with zero attached hydrogens (tertiary/aromatic N) is 1. The molecule has 8 heteroatoms. The van der Waals surface area contributed by atoms with Gasteiger partial charge in [-0.15, -0.1) is 5.10 Å². The van der Waals surface area contributed by atoms with Gasteiger partial charge in [0.15, 0.2) is 0 Å². The molecule has 1 amide bonds. The van der Waals surface area contributed by atoms with Gasteiger partial charge in [-0.25, -0.2) is 14.7 Å². The van der Waals surface area contributed by atoms with E-state index in [9.17, 15) is 14.4 Å². The predicted molar refractivity (Wildman–Crippen MR) is 55.3 cm³/mol. The first kappa shape index (κ1) is 12.0. The van der Waals surface area contributed by atoms with Crippen LogP contribution >= 0.6 is 0 Å². The number of nitrogens with one attached hydrogen (secondary N) is 3. The molecule has 1 aromatic heterocycles. The molecule has 0 aliphatic carbocycles. The van der Waals surface area contributed by atoms with Crippen molar-refractivity contribution in [3.63, 3.8) is 0 Å². The molecule has 0 radical (unpaired) electrons. The van der Waals surface area contributed by atoms with Crippen LogP contribution in [0.2, 0.25) is 0 Å². The van der Waals surface area contributed by atoms with Gasteiger partial charge in [-0.2, -0.15) is 0 Å². The third-order valence-electron chi connectivity index (χ3n) is 1.33. The number of amides is 1. The van der Waals surface area contributed by atoms with Crippen LogP contribution in [0.4, 0.5) is 10.6 Å². The van der Waals surface area contributed by atoms with E-state index in [4.69, 9.17) is 4.74 Å². The van der Waals surface area contributed by atoms with Crippen LogP contribution in [-0.4, -0.2) is 26.9 Å². The molecule has 0 aliphatic rings. The second-order valence-electron chi connectivity index (χ2n) is 3.98. The Morgan fingerprint density at radius 2 is 2.00 bits per heavy atom. The average Bonchev–Trinajstić information content (AvgIpc) is 2.06. The monoisotopic (exact) mass is 228 g/mol. The Balaban J connectivity index is 2.78. The van der Waals surface area contributed by atoms with Crippen molar-refractivity contribution in [2.45, 2.75) is 26.4 Å². The van der Waals surface area contributed by atoms with E-state index in [0.29, 0.717) is 0 Å². The minimum atomic E-state index is -0.822. The van der Waals surface area contributed by atoms with Gasteiger partial charge in [0.1, 0.15) is 5.60 Å². The lowest BCUT2D eigenvalue weighted by Gasteiger charge is -2.19. The number of carbonyl (C=O) groups is 1. The normalized spacial score (nSPS) is 10.9. The van der Waals surface area contributed by atoms with Crippen molar-refractivity contribution in [2.75, 3.05) is 5.32 Å². The summed E-state index contributed by atoms with van der Waals surface area (Å²) in [6.07, 6.45) is -0.822. The first-order chi connectivity index (χ1) is 7.28. The number of ether oxygens (including phenoxy) is 1. The molecular formula is C8H12N4O4. The van der Waals surface area contributed by atoms with Crippen LogP contribution in [0.3, 0.4) is 0 Å². The zero-order chi connectivity index (χ0) is 12.3. The zero-order valence-electron chi connectivity index (χ0n) is 9.08. The number of anilines is 1. The summed E-state index contributed by atoms with van der Waals surface area (Å²) in [4.78, 5) is 34.9. The van der Waals surface area contributed by atoms with Gasteiger partial charge >= 0.3 is 11.8 Å². The van der Waals surface area contributed by atoms with Gasteiger partial charge < -0.3 is 4.74 Å². The van der Waals surface area contributed by atoms with E-state index in [0.717, 1.165) is 0 Å². The van der Waals surface area contributed by atoms with Crippen molar-refractivity contribution in [3.8, 4) is 0 Å². The third-order valence-corrected chi connectivity index (χ3v) is 1.33. The molecule has 0 saturated carbocycles. The molecule has 0 fully saturated rings. The van der Waals surface area contributed by atoms with Crippen molar-refractivity contribution in [3.05, 3.63) is 20.8 Å². The number of hydrogen-bond donors (Lipinski definition) is 3. The summed E-state index contributed by atoms with van der Waals surface area (Å²) in [6, 6.07) is 0. The van der Waals surface area contributed by atoms with E-state index < -0.39 is 22.9 Å². The van der Waals surface area contributed by atoms with E-state index in [-0.39, 0.29) is 5.82 Å². The highest BCUT2D eigenvalue weighted by molar-refractivity contribution is 5.83. The zero-order valence-corrected chi connectivity index (χ0v) is 9.08. The molecule has 1 rings (SSSR count). The maximum atomic E-state index is 11.2. The molecule has 1 heterocycles. The second kappa shape index (κ2) is 4.17. The lowest BCUT2D eigenvalue weighted by molar-refractivity contribution is 0.0635. The lowest BCUT2D eigenvalue weighted by Crippen LogP contribution is -2.32. The molecule has 0 spiro atoms. The summed E-state index contributed by atoms with van der Waals surface area (Å²) in [5.74, 6) is -0.325. The lowest BCUT2D eigenvalue weighted by atomic mass is 10.2. The number of carbonyl (C=O) groups excluding carboxylic acids is 1. The number of hydrogen-bond acceptors (Lipinski definition) is 5. The maximum Gasteiger partial charge on any atom is 0.413 e. The van der Waals surface area contributed by atoms with Gasteiger partial charge in [0.25, 0.3) is 5.56 Å². The van der Waals surface area contributed by atoms with Crippen molar-refractivity contribution in [2.24, 2.45) is 0 Å². The summed E-state index contributed by atoms with van der Waals surface area (Å²) < 4.78 is 4.89. The highest BCUT2D eigenvalue weighted by Gasteiger charge is 2.17. The summed E-state index contributed by atoms with van der Waals surface area (Å²) in [5.41, 5.74) is -2.23. The van der Waals surface area contributed by atoms with Crippen LogP contribution in [0.15, 0.2) is 9.59 Å². The highest BCUT2D eigenvalue weighted by atomic mass is 16.6. The van der Waals surface area contributed by atoms with Crippen LogP contribution in [0.5, 0.6) is 0 Å². The van der Waals surface area contributed by atoms with E-state index in [1.165, 1.54) is 0 Å². The summed E-state index contributed by atoms with van der Waals surface area (Å²) in [6.45, 7) is 5.03. The van der Waals surface area contributed by atoms with Gasteiger partial charge in [0.05, 0.1) is 0 Å². The average molecular weight is 228 g/mol. The molecule has 16 heavy (non-hydrogen) atoms. The Morgan fingerprint density at radius 1 is 1.38 bits per heavy atom. The molecule has 3 N–H and O–H groups in total. The maximum absolute atomic E-state index is 11.2. The molecule has 0 saturated heterocycles. The molecule has 0 aliphatic heterocycles. The molecule has 0 unspecified atom stereocenters. The standard InChI is InChI=1S/C8H12N4O4/c1-8(2,3)16-7(15)9-4-5(13)10-6(14)12-11-4/h1-3H3,(H,9,11,15)(H2,10,12,13,14). The molecule has 0 aromatic carbocycles. The number of aromatic amines is 2. The van der Waals surface area contributed by atoms with E-state index in [1.54, 1.807) is 20.8 Å². The summed E-state index contributed by atoms with van der Waals surface area (Å²) in [5, 5.41) is 7.44. The van der Waals surface area contributed by atoms with Crippen molar-refractivity contribution >= 4 is 11.9 Å². The number of aromatic nitrogens is 3. The smallest absolute Gasteiger partial charge is 0.413 e. The van der Waals surface area contributed by atoms with Gasteiger partial charge in [0.2, 0.25) is 5.82 Å². The van der Waals surface area contributed by atoms with Gasteiger partial charge in [0, 0.05) is 0 Å². The molecule has 0 atom stereocenters. The van der Waals surface area contributed by atoms with Gasteiger partial charge in [-0.3, -0.25) is 15.1 Å².